The first-order chi connectivity index (χ1) is 9.26. The highest BCUT2D eigenvalue weighted by Gasteiger charge is 2.06. The van der Waals surface area contributed by atoms with Crippen LogP contribution in [0, 0.1) is 0 Å². The number of fused-ring (bicyclic) bond motifs is 1. The number of anilines is 3. The molecule has 3 rings (SSSR count). The summed E-state index contributed by atoms with van der Waals surface area (Å²) in [4.78, 5) is 9.76. The van der Waals surface area contributed by atoms with E-state index >= 15 is 0 Å². The van der Waals surface area contributed by atoms with E-state index in [2.05, 4.69) is 27.4 Å². The van der Waals surface area contributed by atoms with Crippen LogP contribution in [0.2, 0.25) is 0 Å². The van der Waals surface area contributed by atoms with Crippen LogP contribution in [0.3, 0.4) is 0 Å². The predicted octanol–water partition coefficient (Wildman–Crippen LogP) is 2.78. The number of nitrogen functional groups attached to an aromatic ring is 1. The van der Waals surface area contributed by atoms with Crippen LogP contribution in [0.4, 0.5) is 17.3 Å². The molecule has 0 fully saturated rings. The number of nitrogens with zero attached hydrogens (tertiary/aromatic N) is 3. The van der Waals surface area contributed by atoms with E-state index in [4.69, 9.17) is 5.73 Å². The first kappa shape index (κ1) is 11.9. The second-order valence-electron chi connectivity index (χ2n) is 4.03. The summed E-state index contributed by atoms with van der Waals surface area (Å²) in [7, 11) is 0. The van der Waals surface area contributed by atoms with Crippen molar-refractivity contribution >= 4 is 34.7 Å². The van der Waals surface area contributed by atoms with E-state index in [1.807, 2.05) is 29.0 Å². The van der Waals surface area contributed by atoms with Crippen molar-refractivity contribution in [2.24, 2.45) is 0 Å². The monoisotopic (exact) mass is 271 g/mol. The maximum absolute atomic E-state index is 5.79. The fourth-order valence-corrected chi connectivity index (χ4v) is 2.33. The number of hydrogen-bond acceptors (Lipinski definition) is 5. The molecular formula is C13H13N5S. The topological polar surface area (TPSA) is 68.2 Å². The van der Waals surface area contributed by atoms with E-state index < -0.39 is 0 Å². The van der Waals surface area contributed by atoms with Crippen molar-refractivity contribution in [3.8, 4) is 0 Å². The summed E-state index contributed by atoms with van der Waals surface area (Å²) >= 11 is 1.70. The average Bonchev–Trinajstić information content (AvgIpc) is 2.87. The molecule has 96 valence electrons. The molecule has 3 aromatic rings. The molecule has 0 aliphatic rings. The summed E-state index contributed by atoms with van der Waals surface area (Å²) in [5.74, 6) is 1.11. The Bertz CT molecular complexity index is 722. The maximum Gasteiger partial charge on any atom is 0.180 e. The molecule has 6 heteroatoms. The molecule has 3 N–H and O–H groups in total. The summed E-state index contributed by atoms with van der Waals surface area (Å²) in [5, 5.41) is 3.26. The minimum Gasteiger partial charge on any atom is -0.382 e. The molecule has 0 aliphatic heterocycles. The van der Waals surface area contributed by atoms with Gasteiger partial charge in [-0.15, -0.1) is 11.8 Å². The predicted molar refractivity (Wildman–Crippen MR) is 78.9 cm³/mol. The van der Waals surface area contributed by atoms with Crippen LogP contribution in [0.1, 0.15) is 0 Å². The van der Waals surface area contributed by atoms with Gasteiger partial charge in [-0.3, -0.25) is 0 Å². The van der Waals surface area contributed by atoms with Gasteiger partial charge < -0.3 is 15.5 Å². The van der Waals surface area contributed by atoms with E-state index in [0.717, 1.165) is 11.3 Å². The van der Waals surface area contributed by atoms with Gasteiger partial charge >= 0.3 is 0 Å². The lowest BCUT2D eigenvalue weighted by Gasteiger charge is -2.08. The smallest absolute Gasteiger partial charge is 0.180 e. The number of rotatable bonds is 3. The van der Waals surface area contributed by atoms with Crippen LogP contribution in [-0.4, -0.2) is 20.6 Å². The van der Waals surface area contributed by atoms with E-state index in [9.17, 15) is 0 Å². The molecule has 0 spiro atoms. The van der Waals surface area contributed by atoms with Gasteiger partial charge in [0, 0.05) is 23.0 Å². The molecule has 0 unspecified atom stereocenters. The van der Waals surface area contributed by atoms with Gasteiger partial charge in [0.15, 0.2) is 11.5 Å². The molecule has 0 aliphatic carbocycles. The Morgan fingerprint density at radius 2 is 2.26 bits per heavy atom. The van der Waals surface area contributed by atoms with E-state index in [-0.39, 0.29) is 0 Å². The van der Waals surface area contributed by atoms with E-state index in [0.29, 0.717) is 11.6 Å². The summed E-state index contributed by atoms with van der Waals surface area (Å²) < 4.78 is 1.85. The maximum atomic E-state index is 5.79. The van der Waals surface area contributed by atoms with Gasteiger partial charge in [0.2, 0.25) is 0 Å². The van der Waals surface area contributed by atoms with Gasteiger partial charge in [-0.05, 0) is 24.5 Å². The van der Waals surface area contributed by atoms with Gasteiger partial charge in [-0.25, -0.2) is 9.97 Å². The Kier molecular flexibility index (Phi) is 3.00. The normalized spacial score (nSPS) is 10.8. The molecule has 0 atom stereocenters. The van der Waals surface area contributed by atoms with Crippen LogP contribution in [0.15, 0.2) is 47.8 Å². The lowest BCUT2D eigenvalue weighted by atomic mass is 10.3. The number of imidazole rings is 1. The molecular weight excluding hydrogens is 258 g/mol. The number of nitrogens with two attached hydrogens (primary N) is 1. The summed E-state index contributed by atoms with van der Waals surface area (Å²) in [6.45, 7) is 0. The molecule has 0 saturated carbocycles. The number of benzene rings is 1. The summed E-state index contributed by atoms with van der Waals surface area (Å²) in [6.07, 6.45) is 7.35. The molecule has 1 aromatic carbocycles. The zero-order chi connectivity index (χ0) is 13.2. The lowest BCUT2D eigenvalue weighted by Crippen LogP contribution is -2.01. The molecule has 0 radical (unpaired) electrons. The van der Waals surface area contributed by atoms with E-state index in [1.165, 1.54) is 4.90 Å². The SMILES string of the molecule is CSc1cccc(Nc2nc(N)cn3ccnc23)c1. The average molecular weight is 271 g/mol. The number of aromatic nitrogens is 3. The van der Waals surface area contributed by atoms with Crippen molar-refractivity contribution in [1.29, 1.82) is 0 Å². The number of hydrogen-bond donors (Lipinski definition) is 2. The Morgan fingerprint density at radius 3 is 3.11 bits per heavy atom. The second-order valence-corrected chi connectivity index (χ2v) is 4.91. The van der Waals surface area contributed by atoms with Crippen molar-refractivity contribution in [2.75, 3.05) is 17.3 Å². The van der Waals surface area contributed by atoms with Crippen molar-refractivity contribution in [3.05, 3.63) is 42.9 Å². The zero-order valence-corrected chi connectivity index (χ0v) is 11.2. The Balaban J connectivity index is 2.02. The number of thioether (sulfide) groups is 1. The molecule has 0 amide bonds. The molecule has 2 aromatic heterocycles. The highest BCUT2D eigenvalue weighted by molar-refractivity contribution is 7.98. The highest BCUT2D eigenvalue weighted by atomic mass is 32.2. The highest BCUT2D eigenvalue weighted by Crippen LogP contribution is 2.23. The molecule has 5 nitrogen and oxygen atoms in total. The van der Waals surface area contributed by atoms with Crippen LogP contribution in [-0.2, 0) is 0 Å². The third kappa shape index (κ3) is 2.34. The Labute approximate surface area is 114 Å². The lowest BCUT2D eigenvalue weighted by molar-refractivity contribution is 1.13. The van der Waals surface area contributed by atoms with Crippen LogP contribution in [0.25, 0.3) is 5.65 Å². The van der Waals surface area contributed by atoms with Crippen molar-refractivity contribution < 1.29 is 0 Å². The quantitative estimate of drug-likeness (QED) is 0.717. The molecule has 0 bridgehead atoms. The van der Waals surface area contributed by atoms with Gasteiger partial charge in [0.25, 0.3) is 0 Å². The molecule has 2 heterocycles. The van der Waals surface area contributed by atoms with Crippen LogP contribution in [0.5, 0.6) is 0 Å². The standard InChI is InChI=1S/C13H13N5S/c1-19-10-4-2-3-9(7-10)16-12-13-15-5-6-18(13)8-11(14)17-12/h2-8H,14H2,1H3,(H,16,17). The summed E-state index contributed by atoms with van der Waals surface area (Å²) in [6, 6.07) is 8.12. The molecule has 0 saturated heterocycles. The van der Waals surface area contributed by atoms with E-state index in [1.54, 1.807) is 24.2 Å². The second kappa shape index (κ2) is 4.81. The van der Waals surface area contributed by atoms with Gasteiger partial charge in [-0.2, -0.15) is 0 Å². The number of nitrogens with one attached hydrogen (secondary N) is 1. The largest absolute Gasteiger partial charge is 0.382 e. The first-order valence-corrected chi connectivity index (χ1v) is 6.99. The zero-order valence-electron chi connectivity index (χ0n) is 10.4. The van der Waals surface area contributed by atoms with Gasteiger partial charge in [0.1, 0.15) is 5.82 Å². The van der Waals surface area contributed by atoms with Crippen molar-refractivity contribution in [2.45, 2.75) is 4.90 Å². The van der Waals surface area contributed by atoms with Crippen LogP contribution >= 0.6 is 11.8 Å². The molecule has 19 heavy (non-hydrogen) atoms. The fraction of sp³-hybridized carbons (Fsp3) is 0.0769. The minimum absolute atomic E-state index is 0.453. The fourth-order valence-electron chi connectivity index (χ4n) is 1.87. The van der Waals surface area contributed by atoms with Crippen LogP contribution < -0.4 is 11.1 Å². The Morgan fingerprint density at radius 1 is 1.37 bits per heavy atom. The summed E-state index contributed by atoms with van der Waals surface area (Å²) in [5.41, 5.74) is 7.51. The van der Waals surface area contributed by atoms with Gasteiger partial charge in [-0.1, -0.05) is 6.07 Å². The van der Waals surface area contributed by atoms with Crippen molar-refractivity contribution in [3.63, 3.8) is 0 Å². The van der Waals surface area contributed by atoms with Crippen molar-refractivity contribution in [1.82, 2.24) is 14.4 Å². The minimum atomic E-state index is 0.453. The first-order valence-electron chi connectivity index (χ1n) is 5.76. The third-order valence-corrected chi connectivity index (χ3v) is 3.45. The van der Waals surface area contributed by atoms with Gasteiger partial charge in [0.05, 0.1) is 6.20 Å². The third-order valence-electron chi connectivity index (χ3n) is 2.73. The Hall–Kier alpha value is -2.21.